The predicted molar refractivity (Wildman–Crippen MR) is 40.6 cm³/mol. The van der Waals surface area contributed by atoms with Crippen LogP contribution in [0.1, 0.15) is 35.0 Å². The Labute approximate surface area is 59.8 Å². The lowest BCUT2D eigenvalue weighted by Gasteiger charge is -2.06. The normalized spacial score (nSPS) is 15.1. The van der Waals surface area contributed by atoms with Crippen LogP contribution in [0.15, 0.2) is 0 Å². The van der Waals surface area contributed by atoms with E-state index in [2.05, 4.69) is 6.92 Å². The molecule has 0 bridgehead atoms. The van der Waals surface area contributed by atoms with Gasteiger partial charge >= 0.3 is 0 Å². The molecule has 56 valence electrons. The molecule has 0 aromatic rings. The fourth-order valence-electron chi connectivity index (χ4n) is 0.573. The van der Waals surface area contributed by atoms with E-state index in [0.717, 1.165) is 26.1 Å². The van der Waals surface area contributed by atoms with E-state index in [9.17, 15) is 0 Å². The Bertz CT molecular complexity index is 66.3. The maximum atomic E-state index is 6.97. The Morgan fingerprint density at radius 1 is 1.67 bits per heavy atom. The third kappa shape index (κ3) is 5.84. The summed E-state index contributed by atoms with van der Waals surface area (Å²) < 4.78 is 12.2. The van der Waals surface area contributed by atoms with Crippen molar-refractivity contribution >= 4 is 0 Å². The monoisotopic (exact) mass is 131 g/mol. The van der Waals surface area contributed by atoms with Crippen LogP contribution in [0.5, 0.6) is 0 Å². The van der Waals surface area contributed by atoms with Gasteiger partial charge in [-0.2, -0.15) is 0 Å². The smallest absolute Gasteiger partial charge is 0.0468 e. The molecule has 0 rings (SSSR count). The average Bonchev–Trinajstić information content (AvgIpc) is 1.89. The largest absolute Gasteiger partial charge is 0.382 e. The molecule has 0 saturated carbocycles. The molecule has 1 atom stereocenters. The van der Waals surface area contributed by atoms with Crippen LogP contribution in [-0.4, -0.2) is 13.2 Å². The van der Waals surface area contributed by atoms with E-state index in [-0.39, 0.29) is 0 Å². The van der Waals surface area contributed by atoms with Gasteiger partial charge in [-0.25, -0.2) is 0 Å². The Morgan fingerprint density at radius 2 is 2.44 bits per heavy atom. The minimum absolute atomic E-state index is 0.549. The summed E-state index contributed by atoms with van der Waals surface area (Å²) in [5, 5.41) is 0. The number of hydrogen-bond donors (Lipinski definition) is 0. The van der Waals surface area contributed by atoms with Gasteiger partial charge in [0.1, 0.15) is 0 Å². The molecule has 0 N–H and O–H groups in total. The molecule has 0 aliphatic rings. The van der Waals surface area contributed by atoms with Gasteiger partial charge in [0.2, 0.25) is 0 Å². The van der Waals surface area contributed by atoms with E-state index >= 15 is 0 Å². The van der Waals surface area contributed by atoms with Crippen LogP contribution in [0.2, 0.25) is 0 Å². The predicted octanol–water partition coefficient (Wildman–Crippen LogP) is 2.46. The zero-order valence-corrected chi connectivity index (χ0v) is 6.52. The van der Waals surface area contributed by atoms with E-state index in [1.165, 1.54) is 0 Å². The van der Waals surface area contributed by atoms with Gasteiger partial charge in [-0.15, -0.1) is 0 Å². The summed E-state index contributed by atoms with van der Waals surface area (Å²) in [4.78, 5) is 0. The van der Waals surface area contributed by atoms with Crippen molar-refractivity contribution in [2.45, 2.75) is 33.6 Å². The third-order valence-corrected chi connectivity index (χ3v) is 1.45. The molecule has 0 spiro atoms. The Kier molecular flexibility index (Phi) is 4.78. The molecule has 0 heterocycles. The second-order valence-electron chi connectivity index (χ2n) is 2.38. The van der Waals surface area contributed by atoms with Gasteiger partial charge in [-0.05, 0) is 19.3 Å². The molecular formula is C8H18O. The highest BCUT2D eigenvalue weighted by Gasteiger charge is 1.95. The van der Waals surface area contributed by atoms with Crippen molar-refractivity contribution in [3.05, 3.63) is 0 Å². The van der Waals surface area contributed by atoms with Gasteiger partial charge < -0.3 is 4.74 Å². The van der Waals surface area contributed by atoms with Crippen molar-refractivity contribution in [2.24, 2.45) is 5.92 Å². The molecule has 0 amide bonds. The lowest BCUT2D eigenvalue weighted by Crippen LogP contribution is -1.99. The lowest BCUT2D eigenvalue weighted by molar-refractivity contribution is 0.133. The van der Waals surface area contributed by atoms with Crippen molar-refractivity contribution in [3.63, 3.8) is 0 Å². The van der Waals surface area contributed by atoms with Gasteiger partial charge in [0.15, 0.2) is 0 Å². The Balaban J connectivity index is 2.97. The number of ether oxygens (including phenoxy) is 1. The standard InChI is InChI=1S/C8H18O/c1-4-8(3)6-7-9-5-2/h8H,4-7H2,1-3H3/i1D. The van der Waals surface area contributed by atoms with Crippen molar-refractivity contribution in [1.29, 1.82) is 0 Å². The minimum atomic E-state index is 0.549. The van der Waals surface area contributed by atoms with Crippen LogP contribution in [0.3, 0.4) is 0 Å². The van der Waals surface area contributed by atoms with Crippen LogP contribution in [-0.2, 0) is 4.74 Å². The second-order valence-corrected chi connectivity index (χ2v) is 2.38. The van der Waals surface area contributed by atoms with Crippen molar-refractivity contribution in [2.75, 3.05) is 13.2 Å². The fourth-order valence-corrected chi connectivity index (χ4v) is 0.573. The summed E-state index contributed by atoms with van der Waals surface area (Å²) in [5.74, 6) is 0.657. The number of rotatable bonds is 5. The van der Waals surface area contributed by atoms with Crippen molar-refractivity contribution in [3.8, 4) is 0 Å². The molecule has 0 saturated heterocycles. The zero-order valence-electron chi connectivity index (χ0n) is 7.52. The lowest BCUT2D eigenvalue weighted by atomic mass is 10.1. The highest BCUT2D eigenvalue weighted by atomic mass is 16.5. The summed E-state index contributed by atoms with van der Waals surface area (Å²) >= 11 is 0. The molecule has 0 fully saturated rings. The number of hydrogen-bond acceptors (Lipinski definition) is 1. The molecule has 1 unspecified atom stereocenters. The third-order valence-electron chi connectivity index (χ3n) is 1.45. The van der Waals surface area contributed by atoms with Crippen LogP contribution in [0, 0.1) is 5.92 Å². The first-order chi connectivity index (χ1) is 4.81. The summed E-state index contributed by atoms with van der Waals surface area (Å²) in [6, 6.07) is 0. The molecule has 1 nitrogen and oxygen atoms in total. The summed E-state index contributed by atoms with van der Waals surface area (Å²) in [6.45, 7) is 6.40. The van der Waals surface area contributed by atoms with E-state index in [0.29, 0.717) is 12.8 Å². The molecule has 0 aliphatic heterocycles. The van der Waals surface area contributed by atoms with E-state index < -0.39 is 0 Å². The molecule has 0 aromatic heterocycles. The molecule has 1 heteroatoms. The van der Waals surface area contributed by atoms with Gasteiger partial charge in [0.25, 0.3) is 0 Å². The Hall–Kier alpha value is -0.0400. The van der Waals surface area contributed by atoms with Crippen LogP contribution >= 0.6 is 0 Å². The van der Waals surface area contributed by atoms with Crippen LogP contribution in [0.4, 0.5) is 0 Å². The van der Waals surface area contributed by atoms with Crippen LogP contribution in [0.25, 0.3) is 0 Å². The van der Waals surface area contributed by atoms with Gasteiger partial charge in [0, 0.05) is 14.6 Å². The first-order valence-electron chi connectivity index (χ1n) is 4.39. The molecular weight excluding hydrogens is 112 g/mol. The summed E-state index contributed by atoms with van der Waals surface area (Å²) in [5.41, 5.74) is 0. The van der Waals surface area contributed by atoms with Gasteiger partial charge in [-0.3, -0.25) is 0 Å². The average molecular weight is 131 g/mol. The van der Waals surface area contributed by atoms with E-state index in [1.807, 2.05) is 6.92 Å². The molecule has 0 aliphatic carbocycles. The maximum absolute atomic E-state index is 6.97. The van der Waals surface area contributed by atoms with Crippen molar-refractivity contribution < 1.29 is 6.11 Å². The first kappa shape index (κ1) is 7.07. The molecule has 0 aromatic carbocycles. The van der Waals surface area contributed by atoms with Gasteiger partial charge in [0.05, 0.1) is 0 Å². The summed E-state index contributed by atoms with van der Waals surface area (Å²) in [7, 11) is 0. The Morgan fingerprint density at radius 3 is 3.00 bits per heavy atom. The van der Waals surface area contributed by atoms with E-state index in [4.69, 9.17) is 6.11 Å². The first-order valence-corrected chi connectivity index (χ1v) is 3.68. The highest BCUT2D eigenvalue weighted by Crippen LogP contribution is 2.05. The maximum Gasteiger partial charge on any atom is 0.0468 e. The van der Waals surface area contributed by atoms with Crippen molar-refractivity contribution in [1.82, 2.24) is 0 Å². The molecule has 0 radical (unpaired) electrons. The SMILES string of the molecule is [2H]CCC(C)CCOCC. The van der Waals surface area contributed by atoms with Gasteiger partial charge in [-0.1, -0.05) is 20.2 Å². The quantitative estimate of drug-likeness (QED) is 0.521. The highest BCUT2D eigenvalue weighted by molar-refractivity contribution is 4.47. The second kappa shape index (κ2) is 6.09. The van der Waals surface area contributed by atoms with Crippen LogP contribution < -0.4 is 0 Å². The minimum Gasteiger partial charge on any atom is -0.382 e. The zero-order chi connectivity index (χ0) is 7.82. The fraction of sp³-hybridized carbons (Fsp3) is 1.00. The topological polar surface area (TPSA) is 9.23 Å². The molecule has 9 heavy (non-hydrogen) atoms. The van der Waals surface area contributed by atoms with E-state index in [1.54, 1.807) is 0 Å². The summed E-state index contributed by atoms with van der Waals surface area (Å²) in [6.07, 6.45) is 2.11.